The van der Waals surface area contributed by atoms with Crippen LogP contribution in [0.3, 0.4) is 0 Å². The van der Waals surface area contributed by atoms with Crippen molar-refractivity contribution in [3.63, 3.8) is 0 Å². The van der Waals surface area contributed by atoms with Crippen LogP contribution in [-0.4, -0.2) is 33.7 Å². The van der Waals surface area contributed by atoms with Gasteiger partial charge in [0.1, 0.15) is 6.04 Å². The van der Waals surface area contributed by atoms with Gasteiger partial charge >= 0.3 is 0 Å². The normalized spacial score (nSPS) is 22.4. The predicted molar refractivity (Wildman–Crippen MR) is 101 cm³/mol. The molecule has 1 spiro atoms. The van der Waals surface area contributed by atoms with E-state index in [0.29, 0.717) is 13.0 Å². The van der Waals surface area contributed by atoms with Gasteiger partial charge in [-0.1, -0.05) is 60.7 Å². The minimum atomic E-state index is -0.791. The third-order valence-electron chi connectivity index (χ3n) is 5.62. The molecule has 26 heavy (non-hydrogen) atoms. The van der Waals surface area contributed by atoms with Crippen molar-refractivity contribution >= 4 is 5.91 Å². The van der Waals surface area contributed by atoms with Crippen LogP contribution in [0, 0.1) is 6.42 Å². The van der Waals surface area contributed by atoms with Gasteiger partial charge in [0.15, 0.2) is 0 Å². The van der Waals surface area contributed by atoms with Gasteiger partial charge in [-0.3, -0.25) is 10.1 Å². The smallest absolute Gasteiger partial charge is 0.244 e. The molecule has 2 fully saturated rings. The first-order chi connectivity index (χ1) is 12.7. The number of rotatable bonds is 6. The summed E-state index contributed by atoms with van der Waals surface area (Å²) in [6.45, 7) is 0.592. The number of nitrogens with zero attached hydrogens (tertiary/aromatic N) is 1. The second kappa shape index (κ2) is 7.22. The molecule has 0 bridgehead atoms. The van der Waals surface area contributed by atoms with Gasteiger partial charge in [0, 0.05) is 6.54 Å². The van der Waals surface area contributed by atoms with Gasteiger partial charge in [-0.05, 0) is 43.2 Å². The van der Waals surface area contributed by atoms with Crippen molar-refractivity contribution < 1.29 is 9.90 Å². The fourth-order valence-electron chi connectivity index (χ4n) is 3.97. The second-order valence-electron chi connectivity index (χ2n) is 7.33. The number of nitrogens with one attached hydrogen (secondary N) is 1. The molecule has 2 aromatic carbocycles. The summed E-state index contributed by atoms with van der Waals surface area (Å²) in [5.41, 5.74) is 1.98. The fraction of sp³-hybridized carbons (Fsp3) is 0.364. The number of hydrogen-bond donors (Lipinski definition) is 2. The Morgan fingerprint density at radius 3 is 2.27 bits per heavy atom. The van der Waals surface area contributed by atoms with E-state index in [-0.39, 0.29) is 11.6 Å². The molecule has 1 aliphatic heterocycles. The largest absolute Gasteiger partial charge is 0.391 e. The van der Waals surface area contributed by atoms with Crippen molar-refractivity contribution in [2.75, 3.05) is 0 Å². The van der Waals surface area contributed by atoms with E-state index < -0.39 is 12.1 Å². The van der Waals surface area contributed by atoms with Gasteiger partial charge in [0.05, 0.1) is 11.8 Å². The van der Waals surface area contributed by atoms with Crippen molar-refractivity contribution in [2.45, 2.75) is 50.0 Å². The molecule has 2 atom stereocenters. The predicted octanol–water partition coefficient (Wildman–Crippen LogP) is 2.68. The summed E-state index contributed by atoms with van der Waals surface area (Å²) < 4.78 is 0. The molecule has 0 aromatic heterocycles. The maximum Gasteiger partial charge on any atom is 0.244 e. The summed E-state index contributed by atoms with van der Waals surface area (Å²) in [5.74, 6) is 0.00497. The maximum absolute atomic E-state index is 13.1. The van der Waals surface area contributed by atoms with Crippen LogP contribution in [0.5, 0.6) is 0 Å². The van der Waals surface area contributed by atoms with Crippen LogP contribution in [0.15, 0.2) is 60.7 Å². The highest BCUT2D eigenvalue weighted by Crippen LogP contribution is 2.41. The summed E-state index contributed by atoms with van der Waals surface area (Å²) in [4.78, 5) is 15.0. The zero-order valence-corrected chi connectivity index (χ0v) is 14.8. The number of hydrogen-bond acceptors (Lipinski definition) is 3. The number of carbonyl (C=O) groups excluding carboxylic acids is 1. The second-order valence-corrected chi connectivity index (χ2v) is 7.33. The first-order valence-corrected chi connectivity index (χ1v) is 9.36. The van der Waals surface area contributed by atoms with Crippen molar-refractivity contribution in [2.24, 2.45) is 0 Å². The highest BCUT2D eigenvalue weighted by atomic mass is 16.3. The van der Waals surface area contributed by atoms with E-state index in [1.54, 1.807) is 0 Å². The van der Waals surface area contributed by atoms with Crippen molar-refractivity contribution in [3.8, 4) is 0 Å². The molecule has 0 unspecified atom stereocenters. The number of aliphatic hydroxyl groups excluding tert-OH is 1. The first-order valence-electron chi connectivity index (χ1n) is 9.36. The monoisotopic (exact) mass is 349 g/mol. The zero-order valence-electron chi connectivity index (χ0n) is 14.8. The molecule has 4 nitrogen and oxygen atoms in total. The van der Waals surface area contributed by atoms with Gasteiger partial charge in [-0.2, -0.15) is 0 Å². The third kappa shape index (κ3) is 3.27. The summed E-state index contributed by atoms with van der Waals surface area (Å²) >= 11 is 0. The summed E-state index contributed by atoms with van der Waals surface area (Å²) in [5, 5.41) is 14.1. The van der Waals surface area contributed by atoms with Gasteiger partial charge in [-0.25, -0.2) is 0 Å². The van der Waals surface area contributed by atoms with Gasteiger partial charge in [0.2, 0.25) is 5.91 Å². The summed E-state index contributed by atoms with van der Waals surface area (Å²) in [6.07, 6.45) is 4.71. The van der Waals surface area contributed by atoms with E-state index in [0.717, 1.165) is 30.4 Å². The Bertz CT molecular complexity index is 743. The lowest BCUT2D eigenvalue weighted by Gasteiger charge is -2.45. The van der Waals surface area contributed by atoms with E-state index in [9.17, 15) is 9.90 Å². The summed E-state index contributed by atoms with van der Waals surface area (Å²) in [7, 11) is 0. The minimum Gasteiger partial charge on any atom is -0.391 e. The molecule has 1 heterocycles. The molecular weight excluding hydrogens is 324 g/mol. The first kappa shape index (κ1) is 17.3. The van der Waals surface area contributed by atoms with Gasteiger partial charge in [-0.15, -0.1) is 0 Å². The summed E-state index contributed by atoms with van der Waals surface area (Å²) in [6, 6.07) is 19.5. The minimum absolute atomic E-state index is 0.00497. The molecule has 2 N–H and O–H groups in total. The van der Waals surface area contributed by atoms with Crippen molar-refractivity contribution in [1.82, 2.24) is 10.2 Å². The number of carbonyl (C=O) groups is 1. The van der Waals surface area contributed by atoms with E-state index in [2.05, 4.69) is 5.32 Å². The van der Waals surface area contributed by atoms with Crippen LogP contribution in [0.1, 0.15) is 30.4 Å². The Balaban J connectivity index is 1.45. The van der Waals surface area contributed by atoms with Crippen LogP contribution < -0.4 is 5.32 Å². The van der Waals surface area contributed by atoms with Gasteiger partial charge in [0.25, 0.3) is 0 Å². The Labute approximate surface area is 154 Å². The lowest BCUT2D eigenvalue weighted by Crippen LogP contribution is -2.57. The average Bonchev–Trinajstić information content (AvgIpc) is 2.95. The lowest BCUT2D eigenvalue weighted by molar-refractivity contribution is -0.136. The SMILES string of the molecule is O=C1[C@H]([C@H](O)[CH]Cc2ccccc2)NC2(CCC2)N1Cc1ccccc1. The molecule has 2 aromatic rings. The van der Waals surface area contributed by atoms with Gasteiger partial charge < -0.3 is 10.0 Å². The van der Waals surface area contributed by atoms with Crippen LogP contribution in [0.25, 0.3) is 0 Å². The highest BCUT2D eigenvalue weighted by molar-refractivity contribution is 5.86. The highest BCUT2D eigenvalue weighted by Gasteiger charge is 2.55. The third-order valence-corrected chi connectivity index (χ3v) is 5.62. The molecule has 4 rings (SSSR count). The number of aliphatic hydroxyl groups is 1. The molecule has 1 amide bonds. The molecule has 1 saturated carbocycles. The lowest BCUT2D eigenvalue weighted by atomic mass is 9.84. The average molecular weight is 349 g/mol. The zero-order chi connectivity index (χ0) is 18.0. The Hall–Kier alpha value is -2.17. The van der Waals surface area contributed by atoms with Crippen molar-refractivity contribution in [3.05, 3.63) is 78.2 Å². The van der Waals surface area contributed by atoms with E-state index in [4.69, 9.17) is 0 Å². The molecule has 2 aliphatic rings. The van der Waals surface area contributed by atoms with Crippen LogP contribution in [0.2, 0.25) is 0 Å². The van der Waals surface area contributed by atoms with Crippen LogP contribution in [0.4, 0.5) is 0 Å². The van der Waals surface area contributed by atoms with E-state index in [1.807, 2.05) is 72.0 Å². The van der Waals surface area contributed by atoms with E-state index in [1.165, 1.54) is 0 Å². The molecule has 135 valence electrons. The molecule has 1 saturated heterocycles. The molecular formula is C22H25N2O2. The van der Waals surface area contributed by atoms with Crippen LogP contribution >= 0.6 is 0 Å². The number of benzene rings is 2. The topological polar surface area (TPSA) is 52.6 Å². The fourth-order valence-corrected chi connectivity index (χ4v) is 3.97. The standard InChI is InChI=1S/C22H25N2O2/c25-19(13-12-17-8-3-1-4-9-17)20-21(26)24(22(23-20)14-7-15-22)16-18-10-5-2-6-11-18/h1-6,8-11,13,19-20,23,25H,7,12,14-16H2/t19-,20+/m1/s1. The Kier molecular flexibility index (Phi) is 4.79. The molecule has 1 aliphatic carbocycles. The Morgan fingerprint density at radius 1 is 1.08 bits per heavy atom. The Morgan fingerprint density at radius 2 is 1.69 bits per heavy atom. The van der Waals surface area contributed by atoms with Crippen LogP contribution in [-0.2, 0) is 17.8 Å². The molecule has 4 heteroatoms. The van der Waals surface area contributed by atoms with E-state index >= 15 is 0 Å². The maximum atomic E-state index is 13.1. The number of amides is 1. The van der Waals surface area contributed by atoms with Crippen molar-refractivity contribution in [1.29, 1.82) is 0 Å². The quantitative estimate of drug-likeness (QED) is 0.843. The molecule has 1 radical (unpaired) electrons.